The fourth-order valence-corrected chi connectivity index (χ4v) is 8.35. The van der Waals surface area contributed by atoms with Gasteiger partial charge in [0.2, 0.25) is 17.7 Å². The van der Waals surface area contributed by atoms with E-state index in [9.17, 15) is 19.2 Å². The van der Waals surface area contributed by atoms with Gasteiger partial charge in [-0.25, -0.2) is 14.5 Å². The van der Waals surface area contributed by atoms with Crippen LogP contribution in [0, 0.1) is 16.2 Å². The first-order valence-electron chi connectivity index (χ1n) is 16.4. The Hall–Kier alpha value is -4.84. The van der Waals surface area contributed by atoms with E-state index in [4.69, 9.17) is 5.10 Å². The summed E-state index contributed by atoms with van der Waals surface area (Å²) in [6.07, 6.45) is 1.22. The Morgan fingerprint density at radius 3 is 2.14 bits per heavy atom. The summed E-state index contributed by atoms with van der Waals surface area (Å²) in [5.74, 6) is -0.112. The first-order valence-corrected chi connectivity index (χ1v) is 17.3. The first-order chi connectivity index (χ1) is 23.0. The summed E-state index contributed by atoms with van der Waals surface area (Å²) < 4.78 is 1.69. The highest BCUT2D eigenvalue weighted by atomic mass is 32.1. The number of hydrogen-bond donors (Lipinski definition) is 3. The van der Waals surface area contributed by atoms with Crippen LogP contribution in [0.15, 0.2) is 66.0 Å². The van der Waals surface area contributed by atoms with Crippen molar-refractivity contribution in [1.82, 2.24) is 25.0 Å². The maximum atomic E-state index is 13.6. The first kappa shape index (κ1) is 34.0. The maximum Gasteiger partial charge on any atom is 0.326 e. The van der Waals surface area contributed by atoms with Gasteiger partial charge in [-0.05, 0) is 37.0 Å². The molecule has 2 aromatic heterocycles. The maximum absolute atomic E-state index is 13.6. The van der Waals surface area contributed by atoms with Crippen molar-refractivity contribution in [1.29, 1.82) is 0 Å². The molecule has 0 spiro atoms. The molecule has 1 saturated heterocycles. The molecule has 11 nitrogen and oxygen atoms in total. The summed E-state index contributed by atoms with van der Waals surface area (Å²) in [6.45, 7) is 12.0. The molecule has 2 unspecified atom stereocenters. The van der Waals surface area contributed by atoms with Gasteiger partial charge in [0.25, 0.3) is 0 Å². The van der Waals surface area contributed by atoms with Crippen LogP contribution in [-0.4, -0.2) is 50.5 Å². The third-order valence-electron chi connectivity index (χ3n) is 9.68. The Labute approximate surface area is 290 Å². The molecule has 4 aromatic rings. The van der Waals surface area contributed by atoms with Crippen molar-refractivity contribution < 1.29 is 19.2 Å². The number of fused-ring (bicyclic) bond motifs is 2. The standard InChI is InChI=1S/C37H43N7O4S/c1-34(2,3)27-17-28(40-32(48)41-33-39-26(19-49-33)24-11-9-8-10-12-24)44(42-27)25-15-13-23(14-16-25)18-38-29(45)35(4)20-36(5)22-37(6,21-35)31(47)43(7)30(36)46/h8-17,19H,18,20-22H2,1-7H3,(H,38,45)(H2,39,40,41,48). The molecule has 12 heteroatoms. The number of thiazole rings is 1. The van der Waals surface area contributed by atoms with Crippen LogP contribution in [0.4, 0.5) is 15.7 Å². The molecule has 3 N–H and O–H groups in total. The minimum atomic E-state index is -0.865. The van der Waals surface area contributed by atoms with Crippen molar-refractivity contribution in [3.8, 4) is 16.9 Å². The van der Waals surface area contributed by atoms with Gasteiger partial charge < -0.3 is 5.32 Å². The number of anilines is 2. The number of piperidine rings is 1. The van der Waals surface area contributed by atoms with Crippen LogP contribution in [0.3, 0.4) is 0 Å². The highest BCUT2D eigenvalue weighted by Gasteiger charge is 2.62. The quantitative estimate of drug-likeness (QED) is 0.185. The fourth-order valence-electron chi connectivity index (χ4n) is 7.64. The Balaban J connectivity index is 1.14. The molecule has 6 rings (SSSR count). The molecule has 0 radical (unpaired) electrons. The smallest absolute Gasteiger partial charge is 0.326 e. The predicted octanol–water partition coefficient (Wildman–Crippen LogP) is 6.75. The van der Waals surface area contributed by atoms with Crippen molar-refractivity contribution in [2.75, 3.05) is 17.7 Å². The lowest BCUT2D eigenvalue weighted by Gasteiger charge is -2.55. The lowest BCUT2D eigenvalue weighted by Crippen LogP contribution is -2.63. The van der Waals surface area contributed by atoms with E-state index in [0.717, 1.165) is 28.2 Å². The molecule has 1 saturated carbocycles. The number of likely N-dealkylation sites (tertiary alicyclic amines) is 1. The fraction of sp³-hybridized carbons (Fsp3) is 0.405. The number of nitrogens with one attached hydrogen (secondary N) is 3. The number of carbonyl (C=O) groups excluding carboxylic acids is 4. The van der Waals surface area contributed by atoms with Crippen LogP contribution in [0.2, 0.25) is 0 Å². The van der Waals surface area contributed by atoms with Crippen molar-refractivity contribution in [2.45, 2.75) is 72.8 Å². The van der Waals surface area contributed by atoms with Crippen LogP contribution in [-0.2, 0) is 26.3 Å². The molecule has 5 amide bonds. The van der Waals surface area contributed by atoms with Crippen molar-refractivity contribution in [2.24, 2.45) is 16.2 Å². The summed E-state index contributed by atoms with van der Waals surface area (Å²) in [5, 5.41) is 16.0. The van der Waals surface area contributed by atoms with Crippen molar-refractivity contribution >= 4 is 46.0 Å². The van der Waals surface area contributed by atoms with Gasteiger partial charge in [-0.1, -0.05) is 84.0 Å². The normalized spacial score (nSPS) is 23.7. The zero-order chi connectivity index (χ0) is 35.4. The second kappa shape index (κ2) is 12.2. The second-order valence-electron chi connectivity index (χ2n) is 15.3. The minimum absolute atomic E-state index is 0.172. The lowest BCUT2D eigenvalue weighted by molar-refractivity contribution is -0.178. The Kier molecular flexibility index (Phi) is 8.50. The van der Waals surface area contributed by atoms with Gasteiger partial charge in [0.05, 0.1) is 17.1 Å². The minimum Gasteiger partial charge on any atom is -0.352 e. The summed E-state index contributed by atoms with van der Waals surface area (Å²) in [6, 6.07) is 18.8. The van der Waals surface area contributed by atoms with Gasteiger partial charge in [-0.15, -0.1) is 11.3 Å². The van der Waals surface area contributed by atoms with Crippen LogP contribution in [0.25, 0.3) is 16.9 Å². The van der Waals surface area contributed by atoms with Crippen LogP contribution in [0.1, 0.15) is 72.1 Å². The lowest BCUT2D eigenvalue weighted by atomic mass is 9.51. The van der Waals surface area contributed by atoms with Crippen LogP contribution in [0.5, 0.6) is 0 Å². The highest BCUT2D eigenvalue weighted by molar-refractivity contribution is 7.14. The number of aromatic nitrogens is 3. The van der Waals surface area contributed by atoms with E-state index in [1.807, 2.05) is 86.8 Å². The van der Waals surface area contributed by atoms with Crippen molar-refractivity contribution in [3.63, 3.8) is 0 Å². The number of urea groups is 1. The number of imide groups is 1. The molecule has 2 aliphatic rings. The predicted molar refractivity (Wildman–Crippen MR) is 190 cm³/mol. The molecular weight excluding hydrogens is 639 g/mol. The van der Waals surface area contributed by atoms with Crippen LogP contribution < -0.4 is 16.0 Å². The molecule has 3 heterocycles. The topological polar surface area (TPSA) is 138 Å². The third-order valence-corrected chi connectivity index (χ3v) is 10.4. The van der Waals surface area contributed by atoms with E-state index in [1.54, 1.807) is 4.68 Å². The number of hydrogen-bond acceptors (Lipinski definition) is 7. The summed E-state index contributed by atoms with van der Waals surface area (Å²) in [7, 11) is 1.54. The average molecular weight is 682 g/mol. The Morgan fingerprint density at radius 2 is 1.53 bits per heavy atom. The molecule has 2 fully saturated rings. The van der Waals surface area contributed by atoms with Gasteiger partial charge in [-0.3, -0.25) is 29.9 Å². The van der Waals surface area contributed by atoms with E-state index >= 15 is 0 Å². The Morgan fingerprint density at radius 1 is 0.898 bits per heavy atom. The van der Waals surface area contributed by atoms with Crippen LogP contribution >= 0.6 is 11.3 Å². The zero-order valence-electron chi connectivity index (χ0n) is 29.0. The number of carbonyl (C=O) groups is 4. The average Bonchev–Trinajstić information content (AvgIpc) is 3.69. The van der Waals surface area contributed by atoms with E-state index < -0.39 is 22.3 Å². The summed E-state index contributed by atoms with van der Waals surface area (Å²) >= 11 is 1.35. The monoisotopic (exact) mass is 681 g/mol. The van der Waals surface area contributed by atoms with Gasteiger partial charge in [0, 0.05) is 52.3 Å². The molecule has 256 valence electrons. The molecule has 1 aliphatic heterocycles. The molecule has 2 aromatic carbocycles. The zero-order valence-corrected chi connectivity index (χ0v) is 29.8. The van der Waals surface area contributed by atoms with Gasteiger partial charge >= 0.3 is 6.03 Å². The van der Waals surface area contributed by atoms with Crippen molar-refractivity contribution in [3.05, 3.63) is 77.3 Å². The summed E-state index contributed by atoms with van der Waals surface area (Å²) in [5.41, 5.74) is 1.48. The Bertz CT molecular complexity index is 1900. The van der Waals surface area contributed by atoms with Gasteiger partial charge in [-0.2, -0.15) is 5.10 Å². The number of benzene rings is 2. The molecule has 49 heavy (non-hydrogen) atoms. The molecular formula is C37H43N7O4S. The number of nitrogens with zero attached hydrogens (tertiary/aromatic N) is 4. The largest absolute Gasteiger partial charge is 0.352 e. The summed E-state index contributed by atoms with van der Waals surface area (Å²) in [4.78, 5) is 58.6. The van der Waals surface area contributed by atoms with Gasteiger partial charge in [0.1, 0.15) is 5.82 Å². The molecule has 2 bridgehead atoms. The molecule has 2 atom stereocenters. The number of amides is 5. The highest BCUT2D eigenvalue weighted by Crippen LogP contribution is 2.58. The van der Waals surface area contributed by atoms with E-state index in [1.165, 1.54) is 23.3 Å². The van der Waals surface area contributed by atoms with Gasteiger partial charge in [0.15, 0.2) is 5.13 Å². The van der Waals surface area contributed by atoms with E-state index in [2.05, 4.69) is 41.7 Å². The molecule has 1 aliphatic carbocycles. The van der Waals surface area contributed by atoms with E-state index in [0.29, 0.717) is 30.2 Å². The third kappa shape index (κ3) is 6.61. The second-order valence-corrected chi connectivity index (χ2v) is 16.1. The number of rotatable bonds is 7. The van der Waals surface area contributed by atoms with E-state index in [-0.39, 0.29) is 29.7 Å². The SMILES string of the molecule is CN1C(=O)C2(C)CC(C)(C(=O)NCc3ccc(-n4nc(C(C)(C)C)cc4NC(=O)Nc4nc(-c5ccccc5)cs4)cc3)CC(C)(C2)C1=O.